The summed E-state index contributed by atoms with van der Waals surface area (Å²) in [5.41, 5.74) is 7.79. The van der Waals surface area contributed by atoms with Crippen LogP contribution in [0.5, 0.6) is 0 Å². The monoisotopic (exact) mass is 518 g/mol. The standard InChI is InChI=1S/C27H28N4O.C2H6O2S/c1-18-12-13-19(2)22(15-18)27(32)30-14-8-7-11-24(30)23-16-25-28-26(20(3)17-31(25)29-23)21-9-5-4-6-10-21;1-5(2,3)4/h4-6,9-10,12-13,15-17,24H,7-8,11,14H2,1-3H3;1-2H3/t24-;/m0./s1. The molecule has 37 heavy (non-hydrogen) atoms. The molecule has 7 nitrogen and oxygen atoms in total. The van der Waals surface area contributed by atoms with Crippen LogP contribution >= 0.6 is 0 Å². The summed E-state index contributed by atoms with van der Waals surface area (Å²) in [5.74, 6) is 0.0991. The Morgan fingerprint density at radius 3 is 2.35 bits per heavy atom. The topological polar surface area (TPSA) is 84.6 Å². The minimum absolute atomic E-state index is 0.0293. The molecule has 1 aliphatic rings. The summed E-state index contributed by atoms with van der Waals surface area (Å²) in [4.78, 5) is 20.5. The molecule has 1 atom stereocenters. The van der Waals surface area contributed by atoms with Gasteiger partial charge < -0.3 is 4.90 Å². The van der Waals surface area contributed by atoms with Gasteiger partial charge in [0.15, 0.2) is 5.65 Å². The van der Waals surface area contributed by atoms with Gasteiger partial charge >= 0.3 is 0 Å². The predicted molar refractivity (Wildman–Crippen MR) is 147 cm³/mol. The van der Waals surface area contributed by atoms with Gasteiger partial charge in [-0.05, 0) is 57.2 Å². The first-order valence-corrected chi connectivity index (χ1v) is 14.8. The first-order valence-electron chi connectivity index (χ1n) is 12.5. The molecule has 8 heteroatoms. The maximum Gasteiger partial charge on any atom is 0.254 e. The Hall–Kier alpha value is -3.52. The van der Waals surface area contributed by atoms with Crippen molar-refractivity contribution in [2.75, 3.05) is 19.1 Å². The SMILES string of the molecule is CS(C)(=O)=O.Cc1ccc(C)c(C(=O)N2CCCC[C@H]2c2cc3nc(-c4ccccc4)c(C)cn3n2)c1. The Bertz CT molecular complexity index is 1520. The van der Waals surface area contributed by atoms with Gasteiger partial charge in [0.25, 0.3) is 5.91 Å². The van der Waals surface area contributed by atoms with E-state index in [9.17, 15) is 13.2 Å². The number of sulfone groups is 1. The average molecular weight is 519 g/mol. The van der Waals surface area contributed by atoms with E-state index >= 15 is 0 Å². The Morgan fingerprint density at radius 1 is 0.946 bits per heavy atom. The molecule has 5 rings (SSSR count). The maximum absolute atomic E-state index is 13.5. The smallest absolute Gasteiger partial charge is 0.254 e. The lowest BCUT2D eigenvalue weighted by atomic mass is 9.96. The van der Waals surface area contributed by atoms with Gasteiger partial charge in [-0.15, -0.1) is 0 Å². The lowest BCUT2D eigenvalue weighted by Crippen LogP contribution is -2.39. The van der Waals surface area contributed by atoms with Crippen LogP contribution in [0.25, 0.3) is 16.9 Å². The lowest BCUT2D eigenvalue weighted by molar-refractivity contribution is 0.0605. The van der Waals surface area contributed by atoms with E-state index in [1.807, 2.05) is 65.9 Å². The molecular formula is C29H34N4O3S. The summed E-state index contributed by atoms with van der Waals surface area (Å²) in [6.07, 6.45) is 7.39. The second-order valence-electron chi connectivity index (χ2n) is 9.98. The molecule has 1 aliphatic heterocycles. The first-order chi connectivity index (χ1) is 17.5. The highest BCUT2D eigenvalue weighted by Gasteiger charge is 2.31. The molecule has 3 heterocycles. The Morgan fingerprint density at radius 2 is 1.65 bits per heavy atom. The highest BCUT2D eigenvalue weighted by Crippen LogP contribution is 2.33. The van der Waals surface area contributed by atoms with Gasteiger partial charge in [0.05, 0.1) is 17.4 Å². The number of rotatable bonds is 3. The van der Waals surface area contributed by atoms with Crippen molar-refractivity contribution >= 4 is 21.4 Å². The van der Waals surface area contributed by atoms with Crippen molar-refractivity contribution in [3.8, 4) is 11.3 Å². The van der Waals surface area contributed by atoms with E-state index in [1.165, 1.54) is 0 Å². The van der Waals surface area contributed by atoms with Gasteiger partial charge in [0, 0.05) is 42.4 Å². The minimum Gasteiger partial charge on any atom is -0.330 e. The molecule has 0 radical (unpaired) electrons. The van der Waals surface area contributed by atoms with E-state index in [2.05, 4.69) is 25.1 Å². The molecule has 0 spiro atoms. The number of nitrogens with zero attached hydrogens (tertiary/aromatic N) is 4. The summed E-state index contributed by atoms with van der Waals surface area (Å²) in [5, 5.41) is 4.86. The van der Waals surface area contributed by atoms with Crippen LogP contribution < -0.4 is 0 Å². The molecule has 0 aliphatic carbocycles. The number of aryl methyl sites for hydroxylation is 3. The lowest BCUT2D eigenvalue weighted by Gasteiger charge is -2.35. The van der Waals surface area contributed by atoms with Crippen molar-refractivity contribution in [2.24, 2.45) is 0 Å². The number of hydrogen-bond acceptors (Lipinski definition) is 5. The molecule has 0 unspecified atom stereocenters. The minimum atomic E-state index is -2.67. The third-order valence-electron chi connectivity index (χ3n) is 6.43. The molecule has 194 valence electrons. The van der Waals surface area contributed by atoms with Gasteiger partial charge in [0.2, 0.25) is 0 Å². The molecule has 0 bridgehead atoms. The first kappa shape index (κ1) is 26.5. The number of benzene rings is 2. The van der Waals surface area contributed by atoms with Crippen LogP contribution in [0.4, 0.5) is 0 Å². The second-order valence-corrected chi connectivity index (χ2v) is 12.3. The number of likely N-dealkylation sites (tertiary alicyclic amines) is 1. The quantitative estimate of drug-likeness (QED) is 0.365. The van der Waals surface area contributed by atoms with Crippen LogP contribution in [0.15, 0.2) is 60.8 Å². The molecule has 1 saturated heterocycles. The third kappa shape index (κ3) is 6.43. The largest absolute Gasteiger partial charge is 0.330 e. The predicted octanol–water partition coefficient (Wildman–Crippen LogP) is 5.35. The number of amides is 1. The highest BCUT2D eigenvalue weighted by atomic mass is 32.2. The van der Waals surface area contributed by atoms with Crippen molar-refractivity contribution in [1.29, 1.82) is 0 Å². The van der Waals surface area contributed by atoms with E-state index in [0.717, 1.165) is 83.2 Å². The zero-order valence-corrected chi connectivity index (χ0v) is 22.9. The van der Waals surface area contributed by atoms with Crippen LogP contribution in [-0.2, 0) is 9.84 Å². The second kappa shape index (κ2) is 10.8. The Balaban J connectivity index is 0.000000586. The fraction of sp³-hybridized carbons (Fsp3) is 0.345. The van der Waals surface area contributed by atoms with Gasteiger partial charge in [-0.1, -0.05) is 48.0 Å². The summed E-state index contributed by atoms with van der Waals surface area (Å²) in [6.45, 7) is 6.86. The number of aromatic nitrogens is 3. The van der Waals surface area contributed by atoms with E-state index < -0.39 is 9.84 Å². The molecule has 4 aromatic rings. The average Bonchev–Trinajstić information content (AvgIpc) is 3.27. The van der Waals surface area contributed by atoms with Crippen molar-refractivity contribution in [2.45, 2.75) is 46.1 Å². The van der Waals surface area contributed by atoms with Crippen LogP contribution in [0, 0.1) is 20.8 Å². The van der Waals surface area contributed by atoms with Crippen LogP contribution in [-0.4, -0.2) is 52.9 Å². The van der Waals surface area contributed by atoms with Crippen LogP contribution in [0.2, 0.25) is 0 Å². The van der Waals surface area contributed by atoms with Gasteiger partial charge in [0.1, 0.15) is 9.84 Å². The molecule has 1 fully saturated rings. The molecular weight excluding hydrogens is 484 g/mol. The van der Waals surface area contributed by atoms with Gasteiger partial charge in [-0.3, -0.25) is 4.79 Å². The van der Waals surface area contributed by atoms with E-state index in [-0.39, 0.29) is 11.9 Å². The maximum atomic E-state index is 13.5. The molecule has 0 saturated carbocycles. The fourth-order valence-corrected chi connectivity index (χ4v) is 4.68. The molecule has 2 aromatic heterocycles. The zero-order chi connectivity index (χ0) is 26.7. The van der Waals surface area contributed by atoms with E-state index in [4.69, 9.17) is 10.1 Å². The van der Waals surface area contributed by atoms with E-state index in [1.54, 1.807) is 0 Å². The summed E-state index contributed by atoms with van der Waals surface area (Å²) in [6, 6.07) is 18.3. The van der Waals surface area contributed by atoms with Crippen molar-refractivity contribution in [3.05, 3.63) is 88.7 Å². The molecule has 0 N–H and O–H groups in total. The summed E-state index contributed by atoms with van der Waals surface area (Å²) < 4.78 is 21.1. The number of carbonyl (C=O) groups is 1. The number of carbonyl (C=O) groups excluding carboxylic acids is 1. The van der Waals surface area contributed by atoms with Crippen molar-refractivity contribution < 1.29 is 13.2 Å². The van der Waals surface area contributed by atoms with Crippen LogP contribution in [0.3, 0.4) is 0 Å². The molecule has 2 aromatic carbocycles. The summed E-state index contributed by atoms with van der Waals surface area (Å²) in [7, 11) is -2.67. The van der Waals surface area contributed by atoms with Gasteiger partial charge in [-0.25, -0.2) is 17.9 Å². The number of hydrogen-bond donors (Lipinski definition) is 0. The molecule has 1 amide bonds. The number of piperidine rings is 1. The normalized spacial score (nSPS) is 15.8. The highest BCUT2D eigenvalue weighted by molar-refractivity contribution is 7.89. The summed E-state index contributed by atoms with van der Waals surface area (Å²) >= 11 is 0. The van der Waals surface area contributed by atoms with Gasteiger partial charge in [-0.2, -0.15) is 5.10 Å². The fourth-order valence-electron chi connectivity index (χ4n) is 4.68. The number of fused-ring (bicyclic) bond motifs is 1. The van der Waals surface area contributed by atoms with Crippen LogP contribution in [0.1, 0.15) is 58.0 Å². The van der Waals surface area contributed by atoms with E-state index in [0.29, 0.717) is 0 Å². The zero-order valence-electron chi connectivity index (χ0n) is 22.1. The Labute approximate surface area is 219 Å². The third-order valence-corrected chi connectivity index (χ3v) is 6.43. The Kier molecular flexibility index (Phi) is 7.78. The van der Waals surface area contributed by atoms with Crippen molar-refractivity contribution in [3.63, 3.8) is 0 Å². The van der Waals surface area contributed by atoms with Crippen molar-refractivity contribution in [1.82, 2.24) is 19.5 Å².